The van der Waals surface area contributed by atoms with Crippen molar-refractivity contribution in [2.45, 2.75) is 33.4 Å². The third-order valence-corrected chi connectivity index (χ3v) is 4.45. The van der Waals surface area contributed by atoms with Crippen LogP contribution in [0.15, 0.2) is 53.6 Å². The zero-order valence-corrected chi connectivity index (χ0v) is 14.6. The van der Waals surface area contributed by atoms with E-state index in [9.17, 15) is 9.59 Å². The molecule has 0 bridgehead atoms. The lowest BCUT2D eigenvalue weighted by molar-refractivity contribution is -0.122. The number of rotatable bonds is 4. The van der Waals surface area contributed by atoms with Crippen molar-refractivity contribution in [2.75, 3.05) is 0 Å². The molecule has 0 aliphatic rings. The number of aryl methyl sites for hydroxylation is 2. The number of amides is 1. The molecular formula is C20H21N3O2. The molecule has 3 rings (SSSR count). The maximum absolute atomic E-state index is 12.4. The van der Waals surface area contributed by atoms with Crippen LogP contribution in [0.2, 0.25) is 0 Å². The van der Waals surface area contributed by atoms with Gasteiger partial charge in [-0.2, -0.15) is 0 Å². The molecule has 0 spiro atoms. The van der Waals surface area contributed by atoms with Crippen LogP contribution < -0.4 is 10.9 Å². The smallest absolute Gasteiger partial charge is 0.261 e. The second-order valence-electron chi connectivity index (χ2n) is 6.33. The number of nitrogens with zero attached hydrogens (tertiary/aromatic N) is 2. The molecule has 25 heavy (non-hydrogen) atoms. The van der Waals surface area contributed by atoms with Gasteiger partial charge >= 0.3 is 0 Å². The molecule has 3 aromatic rings. The minimum absolute atomic E-state index is 0.0498. The first-order chi connectivity index (χ1) is 12.0. The van der Waals surface area contributed by atoms with Gasteiger partial charge in [-0.3, -0.25) is 14.2 Å². The number of fused-ring (bicyclic) bond motifs is 1. The molecule has 1 atom stereocenters. The van der Waals surface area contributed by atoms with Crippen molar-refractivity contribution in [3.05, 3.63) is 75.8 Å². The fourth-order valence-corrected chi connectivity index (χ4v) is 2.78. The van der Waals surface area contributed by atoms with Gasteiger partial charge in [0.05, 0.1) is 23.3 Å². The number of carbonyl (C=O) groups excluding carboxylic acids is 1. The summed E-state index contributed by atoms with van der Waals surface area (Å²) in [5.74, 6) is -0.218. The quantitative estimate of drug-likeness (QED) is 0.797. The molecular weight excluding hydrogens is 314 g/mol. The standard InChI is InChI=1S/C20H21N3O2/c1-13-8-9-16(10-14(13)2)15(3)22-19(24)11-23-12-21-18-7-5-4-6-17(18)20(23)25/h4-10,12,15H,11H2,1-3H3,(H,22,24)/t15-/m1/s1. The number of nitrogens with one attached hydrogen (secondary N) is 1. The van der Waals surface area contributed by atoms with E-state index in [4.69, 9.17) is 0 Å². The molecule has 1 aromatic heterocycles. The van der Waals surface area contributed by atoms with Crippen LogP contribution in [0, 0.1) is 13.8 Å². The van der Waals surface area contributed by atoms with Gasteiger partial charge in [0.15, 0.2) is 0 Å². The van der Waals surface area contributed by atoms with Gasteiger partial charge in [0.25, 0.3) is 5.56 Å². The second-order valence-corrected chi connectivity index (χ2v) is 6.33. The van der Waals surface area contributed by atoms with Crippen molar-refractivity contribution in [2.24, 2.45) is 0 Å². The molecule has 128 valence electrons. The van der Waals surface area contributed by atoms with Gasteiger partial charge in [0.1, 0.15) is 6.54 Å². The molecule has 0 radical (unpaired) electrons. The SMILES string of the molecule is Cc1ccc([C@@H](C)NC(=O)Cn2cnc3ccccc3c2=O)cc1C. The van der Waals surface area contributed by atoms with E-state index in [-0.39, 0.29) is 24.1 Å². The Bertz CT molecular complexity index is 992. The molecule has 0 aliphatic carbocycles. The lowest BCUT2D eigenvalue weighted by Gasteiger charge is -2.16. The van der Waals surface area contributed by atoms with Crippen molar-refractivity contribution < 1.29 is 4.79 Å². The minimum atomic E-state index is -0.218. The first-order valence-electron chi connectivity index (χ1n) is 8.26. The van der Waals surface area contributed by atoms with E-state index in [0.717, 1.165) is 5.56 Å². The summed E-state index contributed by atoms with van der Waals surface area (Å²) in [6.45, 7) is 5.99. The number of para-hydroxylation sites is 1. The van der Waals surface area contributed by atoms with Crippen LogP contribution in [0.5, 0.6) is 0 Å². The lowest BCUT2D eigenvalue weighted by Crippen LogP contribution is -2.34. The maximum atomic E-state index is 12.4. The van der Waals surface area contributed by atoms with Gasteiger partial charge in [0, 0.05) is 0 Å². The number of carbonyl (C=O) groups is 1. The Morgan fingerprint density at radius 3 is 2.68 bits per heavy atom. The molecule has 1 N–H and O–H groups in total. The maximum Gasteiger partial charge on any atom is 0.261 e. The molecule has 0 saturated heterocycles. The molecule has 1 amide bonds. The van der Waals surface area contributed by atoms with Crippen LogP contribution in [-0.4, -0.2) is 15.5 Å². The van der Waals surface area contributed by atoms with E-state index in [1.807, 2.05) is 32.0 Å². The highest BCUT2D eigenvalue weighted by Gasteiger charge is 2.12. The Hall–Kier alpha value is -2.95. The number of benzene rings is 2. The predicted octanol–water partition coefficient (Wildman–Crippen LogP) is 2.89. The van der Waals surface area contributed by atoms with Crippen molar-refractivity contribution >= 4 is 16.8 Å². The predicted molar refractivity (Wildman–Crippen MR) is 98.5 cm³/mol. The fraction of sp³-hybridized carbons (Fsp3) is 0.250. The molecule has 0 fully saturated rings. The number of hydrogen-bond donors (Lipinski definition) is 1. The van der Waals surface area contributed by atoms with Crippen LogP contribution in [0.25, 0.3) is 10.9 Å². The molecule has 0 saturated carbocycles. The summed E-state index contributed by atoms with van der Waals surface area (Å²) < 4.78 is 1.34. The first kappa shape index (κ1) is 16.9. The third kappa shape index (κ3) is 3.60. The topological polar surface area (TPSA) is 64.0 Å². The minimum Gasteiger partial charge on any atom is -0.348 e. The normalized spacial score (nSPS) is 12.1. The van der Waals surface area contributed by atoms with E-state index in [1.165, 1.54) is 22.0 Å². The molecule has 2 aromatic carbocycles. The zero-order chi connectivity index (χ0) is 18.0. The van der Waals surface area contributed by atoms with Gasteiger partial charge in [-0.25, -0.2) is 4.98 Å². The average Bonchev–Trinajstić information content (AvgIpc) is 2.60. The monoisotopic (exact) mass is 335 g/mol. The summed E-state index contributed by atoms with van der Waals surface area (Å²) in [6, 6.07) is 13.1. The molecule has 0 unspecified atom stereocenters. The summed E-state index contributed by atoms with van der Waals surface area (Å²) >= 11 is 0. The van der Waals surface area contributed by atoms with Gasteiger partial charge in [-0.15, -0.1) is 0 Å². The van der Waals surface area contributed by atoms with Gasteiger partial charge in [-0.1, -0.05) is 30.3 Å². The van der Waals surface area contributed by atoms with Gasteiger partial charge < -0.3 is 5.32 Å². The third-order valence-electron chi connectivity index (χ3n) is 4.45. The fourth-order valence-electron chi connectivity index (χ4n) is 2.78. The summed E-state index contributed by atoms with van der Waals surface area (Å²) in [7, 11) is 0. The van der Waals surface area contributed by atoms with Crippen LogP contribution in [0.4, 0.5) is 0 Å². The van der Waals surface area contributed by atoms with Crippen LogP contribution in [0.3, 0.4) is 0 Å². The van der Waals surface area contributed by atoms with E-state index in [1.54, 1.807) is 18.2 Å². The average molecular weight is 335 g/mol. The second kappa shape index (κ2) is 6.89. The van der Waals surface area contributed by atoms with E-state index in [2.05, 4.69) is 23.3 Å². The summed E-state index contributed by atoms with van der Waals surface area (Å²) in [5, 5.41) is 3.45. The highest BCUT2D eigenvalue weighted by molar-refractivity contribution is 5.79. The van der Waals surface area contributed by atoms with Crippen LogP contribution in [-0.2, 0) is 11.3 Å². The Kier molecular flexibility index (Phi) is 4.65. The van der Waals surface area contributed by atoms with Crippen LogP contribution >= 0.6 is 0 Å². The molecule has 5 heteroatoms. The highest BCUT2D eigenvalue weighted by Crippen LogP contribution is 2.16. The number of hydrogen-bond acceptors (Lipinski definition) is 3. The first-order valence-corrected chi connectivity index (χ1v) is 8.26. The summed E-state index contributed by atoms with van der Waals surface area (Å²) in [5.41, 5.74) is 3.87. The van der Waals surface area contributed by atoms with E-state index >= 15 is 0 Å². The molecule has 1 heterocycles. The zero-order valence-electron chi connectivity index (χ0n) is 14.6. The molecule has 5 nitrogen and oxygen atoms in total. The summed E-state index contributed by atoms with van der Waals surface area (Å²) in [6.07, 6.45) is 1.42. The van der Waals surface area contributed by atoms with Gasteiger partial charge in [-0.05, 0) is 49.6 Å². The Morgan fingerprint density at radius 2 is 1.92 bits per heavy atom. The van der Waals surface area contributed by atoms with Crippen molar-refractivity contribution in [1.29, 1.82) is 0 Å². The highest BCUT2D eigenvalue weighted by atomic mass is 16.2. The van der Waals surface area contributed by atoms with Crippen molar-refractivity contribution in [1.82, 2.24) is 14.9 Å². The van der Waals surface area contributed by atoms with Crippen LogP contribution in [0.1, 0.15) is 29.7 Å². The summed E-state index contributed by atoms with van der Waals surface area (Å²) in [4.78, 5) is 29.0. The largest absolute Gasteiger partial charge is 0.348 e. The lowest BCUT2D eigenvalue weighted by atomic mass is 10.0. The van der Waals surface area contributed by atoms with E-state index < -0.39 is 0 Å². The molecule has 0 aliphatic heterocycles. The van der Waals surface area contributed by atoms with Crippen molar-refractivity contribution in [3.8, 4) is 0 Å². The van der Waals surface area contributed by atoms with E-state index in [0.29, 0.717) is 10.9 Å². The Morgan fingerprint density at radius 1 is 1.16 bits per heavy atom. The number of aromatic nitrogens is 2. The Labute approximate surface area is 146 Å². The Balaban J connectivity index is 1.75. The van der Waals surface area contributed by atoms with Gasteiger partial charge in [0.2, 0.25) is 5.91 Å². The van der Waals surface area contributed by atoms with Crippen molar-refractivity contribution in [3.63, 3.8) is 0 Å².